The molecular formula is C30H45ClN6O. The number of aromatic nitrogens is 3. The van der Waals surface area contributed by atoms with Gasteiger partial charge < -0.3 is 15.5 Å². The lowest BCUT2D eigenvalue weighted by Crippen LogP contribution is -2.55. The molecule has 5 rings (SSSR count). The molecule has 208 valence electrons. The lowest BCUT2D eigenvalue weighted by atomic mass is 9.63. The molecule has 38 heavy (non-hydrogen) atoms. The highest BCUT2D eigenvalue weighted by Crippen LogP contribution is 2.47. The van der Waals surface area contributed by atoms with E-state index >= 15 is 0 Å². The summed E-state index contributed by atoms with van der Waals surface area (Å²) >= 11 is 6.15. The Bertz CT molecular complexity index is 990. The Labute approximate surface area is 233 Å². The van der Waals surface area contributed by atoms with E-state index in [0.717, 1.165) is 68.7 Å². The van der Waals surface area contributed by atoms with Gasteiger partial charge >= 0.3 is 0 Å². The second-order valence-electron chi connectivity index (χ2n) is 12.0. The quantitative estimate of drug-likeness (QED) is 0.475. The molecule has 7 nitrogen and oxygen atoms in total. The fourth-order valence-electron chi connectivity index (χ4n) is 7.35. The second-order valence-corrected chi connectivity index (χ2v) is 12.4. The number of benzene rings is 1. The highest BCUT2D eigenvalue weighted by molar-refractivity contribution is 6.30. The summed E-state index contributed by atoms with van der Waals surface area (Å²) in [5.74, 6) is 0.969. The van der Waals surface area contributed by atoms with Gasteiger partial charge in [-0.15, -0.1) is 0 Å². The average molecular weight is 541 g/mol. The predicted octanol–water partition coefficient (Wildman–Crippen LogP) is 4.85. The minimum Gasteiger partial charge on any atom is -0.341 e. The van der Waals surface area contributed by atoms with Gasteiger partial charge in [-0.25, -0.2) is 4.98 Å². The first-order valence-corrected chi connectivity index (χ1v) is 15.2. The molecule has 3 fully saturated rings. The van der Waals surface area contributed by atoms with E-state index in [-0.39, 0.29) is 17.4 Å². The van der Waals surface area contributed by atoms with Gasteiger partial charge in [-0.3, -0.25) is 9.48 Å². The molecule has 2 aromatic rings. The Kier molecular flexibility index (Phi) is 9.39. The molecule has 2 saturated carbocycles. The number of rotatable bonds is 9. The van der Waals surface area contributed by atoms with Gasteiger partial charge in [0.15, 0.2) is 0 Å². The van der Waals surface area contributed by atoms with E-state index in [9.17, 15) is 4.79 Å². The number of nitrogens with zero attached hydrogens (tertiary/aromatic N) is 4. The Morgan fingerprint density at radius 2 is 1.71 bits per heavy atom. The first-order chi connectivity index (χ1) is 18.5. The summed E-state index contributed by atoms with van der Waals surface area (Å²) in [5.41, 5.74) is 1.36. The zero-order valence-electron chi connectivity index (χ0n) is 23.0. The zero-order chi connectivity index (χ0) is 26.4. The van der Waals surface area contributed by atoms with Crippen LogP contribution in [-0.2, 0) is 17.8 Å². The third-order valence-corrected chi connectivity index (χ3v) is 9.96. The van der Waals surface area contributed by atoms with Crippen LogP contribution in [0, 0.1) is 11.3 Å². The number of carbonyl (C=O) groups excluding carboxylic acids is 1. The van der Waals surface area contributed by atoms with E-state index in [1.54, 1.807) is 6.33 Å². The number of nitrogens with one attached hydrogen (secondary N) is 2. The van der Waals surface area contributed by atoms with E-state index in [1.165, 1.54) is 32.1 Å². The molecule has 1 aromatic heterocycles. The lowest BCUT2D eigenvalue weighted by Gasteiger charge is -2.48. The summed E-state index contributed by atoms with van der Waals surface area (Å²) in [5, 5.41) is 12.4. The first-order valence-electron chi connectivity index (χ1n) is 14.8. The predicted molar refractivity (Wildman–Crippen MR) is 152 cm³/mol. The van der Waals surface area contributed by atoms with Crippen LogP contribution in [0.5, 0.6) is 0 Å². The highest BCUT2D eigenvalue weighted by Gasteiger charge is 2.43. The van der Waals surface area contributed by atoms with Gasteiger partial charge in [0.2, 0.25) is 5.91 Å². The van der Waals surface area contributed by atoms with Crippen LogP contribution in [0.15, 0.2) is 36.9 Å². The van der Waals surface area contributed by atoms with Gasteiger partial charge in [0.1, 0.15) is 12.7 Å². The van der Waals surface area contributed by atoms with Gasteiger partial charge in [-0.1, -0.05) is 43.0 Å². The van der Waals surface area contributed by atoms with Crippen molar-refractivity contribution in [1.82, 2.24) is 30.3 Å². The molecule has 0 spiro atoms. The van der Waals surface area contributed by atoms with Gasteiger partial charge in [0, 0.05) is 36.7 Å². The molecule has 1 atom stereocenters. The van der Waals surface area contributed by atoms with E-state index in [1.807, 2.05) is 23.1 Å². The molecule has 0 unspecified atom stereocenters. The summed E-state index contributed by atoms with van der Waals surface area (Å²) in [4.78, 5) is 20.4. The molecule has 1 aliphatic heterocycles. The van der Waals surface area contributed by atoms with Crippen molar-refractivity contribution in [2.45, 2.75) is 102 Å². The Morgan fingerprint density at radius 1 is 1.03 bits per heavy atom. The van der Waals surface area contributed by atoms with Crippen LogP contribution in [0.25, 0.3) is 0 Å². The molecule has 0 bridgehead atoms. The largest absolute Gasteiger partial charge is 0.341 e. The van der Waals surface area contributed by atoms with Crippen LogP contribution in [0.2, 0.25) is 5.02 Å². The second kappa shape index (κ2) is 12.9. The van der Waals surface area contributed by atoms with Crippen molar-refractivity contribution in [2.75, 3.05) is 20.1 Å². The Balaban J connectivity index is 1.28. The number of hydrogen-bond acceptors (Lipinski definition) is 5. The number of amides is 1. The third-order valence-electron chi connectivity index (χ3n) is 9.71. The number of likely N-dealkylation sites (tertiary alicyclic amines) is 1. The molecule has 1 aromatic carbocycles. The number of hydrogen-bond donors (Lipinski definition) is 2. The van der Waals surface area contributed by atoms with Crippen LogP contribution in [0.3, 0.4) is 0 Å². The van der Waals surface area contributed by atoms with Crippen LogP contribution in [-0.4, -0.2) is 63.8 Å². The van der Waals surface area contributed by atoms with Crippen molar-refractivity contribution in [1.29, 1.82) is 0 Å². The standard InChI is InChI=1S/C30H45ClN6O/c1-32-26-11-13-27(14-12-26)35-28(19-23-7-9-25(31)10-8-23)29(38)36-17-15-30(16-18-36,20-37-22-33-21-34-37)24-5-3-2-4-6-24/h7-10,21-22,24,26-28,32,35H,2-6,11-20H2,1H3/t26-,27+,28-/m1/s1. The van der Waals surface area contributed by atoms with Crippen molar-refractivity contribution in [3.63, 3.8) is 0 Å². The molecule has 3 aliphatic rings. The minimum atomic E-state index is -0.204. The SMILES string of the molecule is CN[C@H]1CC[C@@H](N[C@H](Cc2ccc(Cl)cc2)C(=O)N2CCC(Cn3cncn3)(C3CCCCC3)CC2)CC1. The number of carbonyl (C=O) groups is 1. The summed E-state index contributed by atoms with van der Waals surface area (Å²) in [6, 6.07) is 8.76. The van der Waals surface area contributed by atoms with E-state index in [4.69, 9.17) is 11.6 Å². The Hall–Kier alpha value is -1.96. The maximum absolute atomic E-state index is 14.1. The Morgan fingerprint density at radius 3 is 2.34 bits per heavy atom. The highest BCUT2D eigenvalue weighted by atomic mass is 35.5. The van der Waals surface area contributed by atoms with E-state index in [0.29, 0.717) is 24.4 Å². The fourth-order valence-corrected chi connectivity index (χ4v) is 7.47. The maximum Gasteiger partial charge on any atom is 0.240 e. The summed E-state index contributed by atoms with van der Waals surface area (Å²) in [6.45, 7) is 2.57. The van der Waals surface area contributed by atoms with E-state index < -0.39 is 0 Å². The van der Waals surface area contributed by atoms with Crippen LogP contribution < -0.4 is 10.6 Å². The normalized spacial score (nSPS) is 25.3. The van der Waals surface area contributed by atoms with Gasteiger partial charge in [-0.2, -0.15) is 5.10 Å². The molecule has 1 amide bonds. The van der Waals surface area contributed by atoms with Crippen molar-refractivity contribution in [2.24, 2.45) is 11.3 Å². The van der Waals surface area contributed by atoms with Crippen molar-refractivity contribution >= 4 is 17.5 Å². The topological polar surface area (TPSA) is 75.1 Å². The van der Waals surface area contributed by atoms with Crippen LogP contribution >= 0.6 is 11.6 Å². The fraction of sp³-hybridized carbons (Fsp3) is 0.700. The summed E-state index contributed by atoms with van der Waals surface area (Å²) < 4.78 is 2.03. The van der Waals surface area contributed by atoms with Gasteiger partial charge in [0.25, 0.3) is 0 Å². The van der Waals surface area contributed by atoms with Gasteiger partial charge in [-0.05, 0) is 93.9 Å². The molecule has 1 saturated heterocycles. The third kappa shape index (κ3) is 6.78. The zero-order valence-corrected chi connectivity index (χ0v) is 23.7. The van der Waals surface area contributed by atoms with Crippen molar-refractivity contribution < 1.29 is 4.79 Å². The molecule has 2 aliphatic carbocycles. The minimum absolute atomic E-state index is 0.204. The average Bonchev–Trinajstić information content (AvgIpc) is 3.47. The monoisotopic (exact) mass is 540 g/mol. The van der Waals surface area contributed by atoms with Crippen molar-refractivity contribution in [3.8, 4) is 0 Å². The summed E-state index contributed by atoms with van der Waals surface area (Å²) in [6.07, 6.45) is 17.5. The number of halogens is 1. The number of piperidine rings is 1. The summed E-state index contributed by atoms with van der Waals surface area (Å²) in [7, 11) is 2.05. The van der Waals surface area contributed by atoms with Crippen LogP contribution in [0.1, 0.15) is 76.2 Å². The van der Waals surface area contributed by atoms with Gasteiger partial charge in [0.05, 0.1) is 6.04 Å². The maximum atomic E-state index is 14.1. The van der Waals surface area contributed by atoms with E-state index in [2.05, 4.69) is 44.8 Å². The van der Waals surface area contributed by atoms with Crippen molar-refractivity contribution in [3.05, 3.63) is 47.5 Å². The molecule has 0 radical (unpaired) electrons. The smallest absolute Gasteiger partial charge is 0.240 e. The molecular weight excluding hydrogens is 496 g/mol. The lowest BCUT2D eigenvalue weighted by molar-refractivity contribution is -0.137. The van der Waals surface area contributed by atoms with Crippen LogP contribution in [0.4, 0.5) is 0 Å². The first kappa shape index (κ1) is 27.6. The molecule has 8 heteroatoms. The molecule has 2 heterocycles. The molecule has 2 N–H and O–H groups in total.